The lowest BCUT2D eigenvalue weighted by molar-refractivity contribution is 0.124. The van der Waals surface area contributed by atoms with Gasteiger partial charge in [0.2, 0.25) is 5.95 Å². The quantitative estimate of drug-likeness (QED) is 0.144. The number of anilines is 4. The number of benzene rings is 2. The van der Waals surface area contributed by atoms with Gasteiger partial charge in [-0.25, -0.2) is 13.4 Å². The smallest absolute Gasteiger partial charge is 0.229 e. The summed E-state index contributed by atoms with van der Waals surface area (Å²) in [7, 11) is -1.86. The Kier molecular flexibility index (Phi) is 14.4. The van der Waals surface area contributed by atoms with Crippen LogP contribution in [-0.4, -0.2) is 104 Å². The van der Waals surface area contributed by atoms with E-state index in [-0.39, 0.29) is 9.92 Å². The van der Waals surface area contributed by atoms with Crippen LogP contribution in [0.5, 0.6) is 5.75 Å². The average molecular weight is 740 g/mol. The van der Waals surface area contributed by atoms with Crippen LogP contribution in [0.4, 0.5) is 23.1 Å². The van der Waals surface area contributed by atoms with Crippen LogP contribution in [0.25, 0.3) is 0 Å². The molecule has 51 heavy (non-hydrogen) atoms. The van der Waals surface area contributed by atoms with Crippen LogP contribution in [0, 0.1) is 12.8 Å². The van der Waals surface area contributed by atoms with E-state index in [0.717, 1.165) is 24.6 Å². The van der Waals surface area contributed by atoms with Crippen LogP contribution < -0.4 is 15.4 Å². The van der Waals surface area contributed by atoms with Crippen LogP contribution in [0.15, 0.2) is 47.5 Å². The molecule has 280 valence electrons. The van der Waals surface area contributed by atoms with Crippen molar-refractivity contribution in [3.63, 3.8) is 0 Å². The molecule has 3 heterocycles. The minimum atomic E-state index is -3.53. The van der Waals surface area contributed by atoms with Crippen LogP contribution >= 0.6 is 11.6 Å². The monoisotopic (exact) mass is 739 g/mol. The van der Waals surface area contributed by atoms with Crippen molar-refractivity contribution in [1.29, 1.82) is 0 Å². The number of piperazine rings is 1. The van der Waals surface area contributed by atoms with Gasteiger partial charge >= 0.3 is 0 Å². The summed E-state index contributed by atoms with van der Waals surface area (Å²) >= 11 is 6.46. The fourth-order valence-corrected chi connectivity index (χ4v) is 8.44. The maximum Gasteiger partial charge on any atom is 0.229 e. The van der Waals surface area contributed by atoms with Crippen molar-refractivity contribution in [3.05, 3.63) is 58.7 Å². The number of para-hydroxylation sites is 1. The number of aryl methyl sites for hydroxylation is 1. The molecule has 2 fully saturated rings. The van der Waals surface area contributed by atoms with Gasteiger partial charge in [0.25, 0.3) is 0 Å². The van der Waals surface area contributed by atoms with E-state index in [1.165, 1.54) is 108 Å². The normalized spacial score (nSPS) is 16.8. The van der Waals surface area contributed by atoms with Gasteiger partial charge < -0.3 is 30.1 Å². The molecule has 0 radical (unpaired) electrons. The lowest BCUT2D eigenvalue weighted by Gasteiger charge is -2.35. The first kappa shape index (κ1) is 39.3. The fraction of sp³-hybridized carbons (Fsp3) is 0.590. The van der Waals surface area contributed by atoms with Crippen molar-refractivity contribution in [1.82, 2.24) is 24.7 Å². The number of rotatable bonds is 17. The minimum absolute atomic E-state index is 0.194. The lowest BCUT2D eigenvalue weighted by atomic mass is 9.91. The number of hydrogen-bond donors (Lipinski definition) is 2. The van der Waals surface area contributed by atoms with E-state index in [0.29, 0.717) is 23.2 Å². The molecule has 5 rings (SSSR count). The van der Waals surface area contributed by atoms with Crippen molar-refractivity contribution in [2.45, 2.75) is 82.8 Å². The SMILES string of the molecule is CCCCN1CCN(CCCC2CCN(CCc3cc(OC)c(Nc4ncc(Cl)c(Nc5ccccc5S(=O)(=O)C(C)C)n4)cc3C)CC2)CC1. The van der Waals surface area contributed by atoms with Gasteiger partial charge in [-0.2, -0.15) is 4.98 Å². The van der Waals surface area contributed by atoms with Crippen molar-refractivity contribution >= 4 is 44.6 Å². The maximum atomic E-state index is 13.0. The van der Waals surface area contributed by atoms with E-state index in [1.54, 1.807) is 45.2 Å². The number of methoxy groups -OCH3 is 1. The molecule has 2 aromatic carbocycles. The first-order valence-electron chi connectivity index (χ1n) is 18.8. The molecule has 0 spiro atoms. The van der Waals surface area contributed by atoms with Crippen LogP contribution in [-0.2, 0) is 16.3 Å². The van der Waals surface area contributed by atoms with Gasteiger partial charge in [0.1, 0.15) is 10.8 Å². The topological polar surface area (TPSA) is 103 Å². The molecular weight excluding hydrogens is 682 g/mol. The molecule has 0 unspecified atom stereocenters. The highest BCUT2D eigenvalue weighted by atomic mass is 35.5. The Bertz CT molecular complexity index is 1670. The minimum Gasteiger partial charge on any atom is -0.495 e. The van der Waals surface area contributed by atoms with Gasteiger partial charge in [0.15, 0.2) is 15.7 Å². The molecule has 0 amide bonds. The fourth-order valence-electron chi connectivity index (χ4n) is 7.10. The molecule has 1 aromatic heterocycles. The van der Waals surface area contributed by atoms with E-state index in [9.17, 15) is 8.42 Å². The third-order valence-electron chi connectivity index (χ3n) is 10.5. The standard InChI is InChI=1S/C39H58ClN7O3S/c1-6-7-17-45-22-24-46(25-23-45)18-10-11-31-14-19-47(20-15-31)21-16-32-27-36(50-5)35(26-30(32)4)43-39-41-28-33(40)38(44-39)42-34-12-8-9-13-37(34)51(48,49)29(2)3/h8-9,12-13,26-29,31H,6-7,10-11,14-25H2,1-5H3,(H2,41,42,43,44). The summed E-state index contributed by atoms with van der Waals surface area (Å²) in [5.74, 6) is 2.17. The molecule has 0 atom stereocenters. The van der Waals surface area contributed by atoms with Gasteiger partial charge in [-0.3, -0.25) is 0 Å². The summed E-state index contributed by atoms with van der Waals surface area (Å²) in [6, 6.07) is 10.9. The van der Waals surface area contributed by atoms with E-state index in [1.807, 2.05) is 0 Å². The third kappa shape index (κ3) is 10.8. The molecule has 3 aromatic rings. The summed E-state index contributed by atoms with van der Waals surface area (Å²) in [5.41, 5.74) is 3.58. The zero-order valence-electron chi connectivity index (χ0n) is 31.3. The van der Waals surface area contributed by atoms with Gasteiger partial charge in [-0.05, 0) is 127 Å². The van der Waals surface area contributed by atoms with Crippen molar-refractivity contribution < 1.29 is 13.2 Å². The molecule has 2 aliphatic rings. The number of halogens is 1. The van der Waals surface area contributed by atoms with Crippen LogP contribution in [0.3, 0.4) is 0 Å². The number of ether oxygens (including phenoxy) is 1. The second-order valence-electron chi connectivity index (χ2n) is 14.4. The van der Waals surface area contributed by atoms with E-state index < -0.39 is 15.1 Å². The summed E-state index contributed by atoms with van der Waals surface area (Å²) in [6.45, 7) is 18.6. The van der Waals surface area contributed by atoms with E-state index in [2.05, 4.69) is 61.3 Å². The first-order chi connectivity index (χ1) is 24.6. The summed E-state index contributed by atoms with van der Waals surface area (Å²) in [5, 5.41) is 6.10. The molecule has 10 nitrogen and oxygen atoms in total. The highest BCUT2D eigenvalue weighted by molar-refractivity contribution is 7.92. The summed E-state index contributed by atoms with van der Waals surface area (Å²) < 4.78 is 31.8. The first-order valence-corrected chi connectivity index (χ1v) is 20.7. The Morgan fingerprint density at radius 2 is 1.59 bits per heavy atom. The third-order valence-corrected chi connectivity index (χ3v) is 13.0. The van der Waals surface area contributed by atoms with Crippen molar-refractivity contribution in [3.8, 4) is 5.75 Å². The molecule has 2 N–H and O–H groups in total. The van der Waals surface area contributed by atoms with Crippen LogP contribution in [0.2, 0.25) is 5.02 Å². The number of likely N-dealkylation sites (tertiary alicyclic amines) is 1. The average Bonchev–Trinajstić information content (AvgIpc) is 3.13. The number of sulfone groups is 1. The predicted octanol–water partition coefficient (Wildman–Crippen LogP) is 7.57. The molecule has 2 aliphatic heterocycles. The van der Waals surface area contributed by atoms with Gasteiger partial charge in [-0.1, -0.05) is 37.1 Å². The molecule has 0 aliphatic carbocycles. The largest absolute Gasteiger partial charge is 0.495 e. The Hall–Kier alpha value is -2.96. The molecule has 2 saturated heterocycles. The Labute approximate surface area is 311 Å². The highest BCUT2D eigenvalue weighted by Gasteiger charge is 2.24. The van der Waals surface area contributed by atoms with E-state index >= 15 is 0 Å². The lowest BCUT2D eigenvalue weighted by Crippen LogP contribution is -2.46. The number of aromatic nitrogens is 2. The number of nitrogens with one attached hydrogen (secondary N) is 2. The number of unbranched alkanes of at least 4 members (excludes halogenated alkanes) is 1. The number of hydrogen-bond acceptors (Lipinski definition) is 10. The molecule has 0 saturated carbocycles. The number of piperidine rings is 1. The Morgan fingerprint density at radius 1 is 0.922 bits per heavy atom. The summed E-state index contributed by atoms with van der Waals surface area (Å²) in [6.07, 6.45) is 10.3. The van der Waals surface area contributed by atoms with Gasteiger partial charge in [0, 0.05) is 32.7 Å². The van der Waals surface area contributed by atoms with Crippen molar-refractivity contribution in [2.75, 3.05) is 76.6 Å². The zero-order valence-corrected chi connectivity index (χ0v) is 32.8. The van der Waals surface area contributed by atoms with E-state index in [4.69, 9.17) is 16.3 Å². The zero-order chi connectivity index (χ0) is 36.4. The van der Waals surface area contributed by atoms with Crippen LogP contribution in [0.1, 0.15) is 70.4 Å². The van der Waals surface area contributed by atoms with Gasteiger partial charge in [-0.15, -0.1) is 0 Å². The predicted molar refractivity (Wildman–Crippen MR) is 210 cm³/mol. The Morgan fingerprint density at radius 3 is 2.25 bits per heavy atom. The molecule has 0 bridgehead atoms. The second kappa shape index (κ2) is 18.7. The highest BCUT2D eigenvalue weighted by Crippen LogP contribution is 2.34. The van der Waals surface area contributed by atoms with Gasteiger partial charge in [0.05, 0.1) is 34.8 Å². The maximum absolute atomic E-state index is 13.0. The molecule has 12 heteroatoms. The Balaban J connectivity index is 1.11. The second-order valence-corrected chi connectivity index (χ2v) is 17.3. The van der Waals surface area contributed by atoms with Crippen molar-refractivity contribution in [2.24, 2.45) is 5.92 Å². The summed E-state index contributed by atoms with van der Waals surface area (Å²) in [4.78, 5) is 17.1. The number of nitrogens with zero attached hydrogens (tertiary/aromatic N) is 5. The molecular formula is C39H58ClN7O3S.